The number of aromatic nitrogens is 2. The molecule has 1 aliphatic rings. The van der Waals surface area contributed by atoms with Crippen LogP contribution in [0.3, 0.4) is 0 Å². The number of nitrogens with one attached hydrogen (secondary N) is 1. The normalized spacial score (nSPS) is 13.5. The summed E-state index contributed by atoms with van der Waals surface area (Å²) in [4.78, 5) is 27.5. The minimum Gasteiger partial charge on any atom is -0.497 e. The molecule has 1 fully saturated rings. The van der Waals surface area contributed by atoms with Gasteiger partial charge in [0, 0.05) is 31.5 Å². The number of amides is 2. The van der Waals surface area contributed by atoms with E-state index in [-0.39, 0.29) is 18.2 Å². The maximum Gasteiger partial charge on any atom is 0.227 e. The van der Waals surface area contributed by atoms with Crippen LogP contribution >= 0.6 is 11.3 Å². The quantitative estimate of drug-likeness (QED) is 0.380. The van der Waals surface area contributed by atoms with Crippen LogP contribution in [0, 0.1) is 5.92 Å². The van der Waals surface area contributed by atoms with E-state index in [0.29, 0.717) is 30.6 Å². The Hall–Kier alpha value is -3.26. The molecule has 1 aromatic heterocycles. The van der Waals surface area contributed by atoms with Crippen LogP contribution in [0.15, 0.2) is 54.6 Å². The summed E-state index contributed by atoms with van der Waals surface area (Å²) < 4.78 is 5.19. The molecule has 0 saturated heterocycles. The predicted octanol–water partition coefficient (Wildman–Crippen LogP) is 5.54. The van der Waals surface area contributed by atoms with Crippen LogP contribution in [0.25, 0.3) is 10.6 Å². The molecule has 8 heteroatoms. The average molecular weight is 493 g/mol. The summed E-state index contributed by atoms with van der Waals surface area (Å²) >= 11 is 1.32. The molecule has 184 valence electrons. The molecule has 2 aromatic carbocycles. The molecule has 1 N–H and O–H groups in total. The van der Waals surface area contributed by atoms with Crippen molar-refractivity contribution in [3.63, 3.8) is 0 Å². The van der Waals surface area contributed by atoms with E-state index in [0.717, 1.165) is 28.3 Å². The number of anilines is 1. The number of benzene rings is 2. The second-order valence-corrected chi connectivity index (χ2v) is 9.91. The summed E-state index contributed by atoms with van der Waals surface area (Å²) in [6, 6.07) is 17.5. The average Bonchev–Trinajstić information content (AvgIpc) is 3.58. The predicted molar refractivity (Wildman–Crippen MR) is 138 cm³/mol. The van der Waals surface area contributed by atoms with Crippen LogP contribution in [0.2, 0.25) is 0 Å². The third kappa shape index (κ3) is 7.36. The molecule has 1 saturated carbocycles. The maximum absolute atomic E-state index is 13.0. The molecule has 2 amide bonds. The Morgan fingerprint density at radius 2 is 1.77 bits per heavy atom. The number of carbonyl (C=O) groups is 2. The lowest BCUT2D eigenvalue weighted by Crippen LogP contribution is -2.33. The first-order valence-electron chi connectivity index (χ1n) is 12.2. The zero-order valence-corrected chi connectivity index (χ0v) is 20.9. The molecule has 3 aromatic rings. The minimum absolute atomic E-state index is 0.117. The van der Waals surface area contributed by atoms with Crippen LogP contribution in [0.1, 0.15) is 50.5 Å². The molecule has 0 bridgehead atoms. The number of ether oxygens (including phenoxy) is 1. The van der Waals surface area contributed by atoms with Crippen molar-refractivity contribution in [1.29, 1.82) is 0 Å². The first-order chi connectivity index (χ1) is 17.1. The fourth-order valence-electron chi connectivity index (χ4n) is 4.42. The Kier molecular flexibility index (Phi) is 8.84. The Bertz CT molecular complexity index is 1100. The Balaban J connectivity index is 1.32. The summed E-state index contributed by atoms with van der Waals surface area (Å²) in [5, 5.41) is 12.3. The van der Waals surface area contributed by atoms with E-state index >= 15 is 0 Å². The van der Waals surface area contributed by atoms with Crippen molar-refractivity contribution in [1.82, 2.24) is 15.1 Å². The molecule has 1 aliphatic carbocycles. The van der Waals surface area contributed by atoms with Crippen molar-refractivity contribution in [2.75, 3.05) is 19.0 Å². The molecule has 4 rings (SSSR count). The number of hydrogen-bond donors (Lipinski definition) is 1. The van der Waals surface area contributed by atoms with Crippen LogP contribution in [-0.2, 0) is 16.1 Å². The molecule has 0 spiro atoms. The van der Waals surface area contributed by atoms with Crippen molar-refractivity contribution in [2.45, 2.75) is 51.5 Å². The number of methoxy groups -OCH3 is 1. The van der Waals surface area contributed by atoms with Crippen LogP contribution < -0.4 is 10.1 Å². The van der Waals surface area contributed by atoms with E-state index < -0.39 is 0 Å². The Labute approximate surface area is 210 Å². The van der Waals surface area contributed by atoms with Gasteiger partial charge in [0.1, 0.15) is 10.8 Å². The van der Waals surface area contributed by atoms with Crippen molar-refractivity contribution >= 4 is 28.3 Å². The fraction of sp³-hybridized carbons (Fsp3) is 0.407. The smallest absolute Gasteiger partial charge is 0.227 e. The van der Waals surface area contributed by atoms with Crippen molar-refractivity contribution < 1.29 is 14.3 Å². The second kappa shape index (κ2) is 12.4. The Morgan fingerprint density at radius 1 is 1.03 bits per heavy atom. The lowest BCUT2D eigenvalue weighted by Gasteiger charge is -2.23. The van der Waals surface area contributed by atoms with Crippen molar-refractivity contribution in [3.05, 3.63) is 60.2 Å². The molecule has 1 heterocycles. The zero-order chi connectivity index (χ0) is 24.5. The van der Waals surface area contributed by atoms with E-state index in [4.69, 9.17) is 4.74 Å². The van der Waals surface area contributed by atoms with Gasteiger partial charge in [-0.3, -0.25) is 9.59 Å². The van der Waals surface area contributed by atoms with Gasteiger partial charge in [0.25, 0.3) is 0 Å². The summed E-state index contributed by atoms with van der Waals surface area (Å²) in [7, 11) is 1.62. The summed E-state index contributed by atoms with van der Waals surface area (Å²) in [6.45, 7) is 0.881. The van der Waals surface area contributed by atoms with Gasteiger partial charge in [-0.2, -0.15) is 0 Å². The lowest BCUT2D eigenvalue weighted by molar-refractivity contribution is -0.132. The highest BCUT2D eigenvalue weighted by Crippen LogP contribution is 2.29. The van der Waals surface area contributed by atoms with E-state index in [1.807, 2.05) is 59.5 Å². The van der Waals surface area contributed by atoms with Crippen molar-refractivity contribution in [2.24, 2.45) is 5.92 Å². The molecule has 0 radical (unpaired) electrons. The molecular formula is C27H32N4O3S. The number of rotatable bonds is 11. The highest BCUT2D eigenvalue weighted by molar-refractivity contribution is 7.18. The highest BCUT2D eigenvalue weighted by atomic mass is 32.1. The van der Waals surface area contributed by atoms with Gasteiger partial charge in [-0.25, -0.2) is 0 Å². The summed E-state index contributed by atoms with van der Waals surface area (Å²) in [5.74, 6) is 1.37. The van der Waals surface area contributed by atoms with E-state index in [1.165, 1.54) is 37.0 Å². The first-order valence-corrected chi connectivity index (χ1v) is 13.0. The molecule has 7 nitrogen and oxygen atoms in total. The van der Waals surface area contributed by atoms with Gasteiger partial charge in [0.15, 0.2) is 0 Å². The minimum atomic E-state index is -0.177. The van der Waals surface area contributed by atoms with Gasteiger partial charge in [0.05, 0.1) is 7.11 Å². The fourth-order valence-corrected chi connectivity index (χ4v) is 5.19. The zero-order valence-electron chi connectivity index (χ0n) is 20.1. The van der Waals surface area contributed by atoms with Crippen LogP contribution in [0.5, 0.6) is 5.75 Å². The van der Waals surface area contributed by atoms with Crippen LogP contribution in [-0.4, -0.2) is 40.6 Å². The van der Waals surface area contributed by atoms with E-state index in [1.54, 1.807) is 7.11 Å². The summed E-state index contributed by atoms with van der Waals surface area (Å²) in [5.41, 5.74) is 1.97. The SMILES string of the molecule is COc1ccc(-c2nnc(NC(=O)CCN(Cc3ccccc3)C(=O)CCC3CCCC3)s2)cc1. The van der Waals surface area contributed by atoms with E-state index in [9.17, 15) is 9.59 Å². The summed E-state index contributed by atoms with van der Waals surface area (Å²) in [6.07, 6.45) is 6.70. The van der Waals surface area contributed by atoms with Gasteiger partial charge in [-0.1, -0.05) is 67.4 Å². The molecule has 0 aliphatic heterocycles. The van der Waals surface area contributed by atoms with Crippen molar-refractivity contribution in [3.8, 4) is 16.3 Å². The highest BCUT2D eigenvalue weighted by Gasteiger charge is 2.20. The van der Waals surface area contributed by atoms with E-state index in [2.05, 4.69) is 15.5 Å². The maximum atomic E-state index is 13.0. The molecule has 0 unspecified atom stereocenters. The third-order valence-electron chi connectivity index (χ3n) is 6.43. The van der Waals surface area contributed by atoms with Gasteiger partial charge in [-0.05, 0) is 42.2 Å². The lowest BCUT2D eigenvalue weighted by atomic mass is 10.0. The Morgan fingerprint density at radius 3 is 2.49 bits per heavy atom. The first kappa shape index (κ1) is 24.9. The molecule has 35 heavy (non-hydrogen) atoms. The molecule has 0 atom stereocenters. The standard InChI is InChI=1S/C27H32N4O3S/c1-34-23-14-12-22(13-15-23)26-29-30-27(35-26)28-24(32)17-18-31(19-21-9-3-2-4-10-21)25(33)16-11-20-7-5-6-8-20/h2-4,9-10,12-15,20H,5-8,11,16-19H2,1H3,(H,28,30,32). The van der Waals surface area contributed by atoms with Gasteiger partial charge >= 0.3 is 0 Å². The van der Waals surface area contributed by atoms with Gasteiger partial charge in [-0.15, -0.1) is 10.2 Å². The molecular weight excluding hydrogens is 460 g/mol. The van der Waals surface area contributed by atoms with Gasteiger partial charge in [0.2, 0.25) is 16.9 Å². The largest absolute Gasteiger partial charge is 0.497 e. The monoisotopic (exact) mass is 492 g/mol. The number of carbonyl (C=O) groups excluding carboxylic acids is 2. The number of nitrogens with zero attached hydrogens (tertiary/aromatic N) is 3. The topological polar surface area (TPSA) is 84.4 Å². The number of hydrogen-bond acceptors (Lipinski definition) is 6. The van der Waals surface area contributed by atoms with Gasteiger partial charge < -0.3 is 15.0 Å². The van der Waals surface area contributed by atoms with Crippen LogP contribution in [0.4, 0.5) is 5.13 Å². The second-order valence-electron chi connectivity index (χ2n) is 8.93. The third-order valence-corrected chi connectivity index (χ3v) is 7.32.